The highest BCUT2D eigenvalue weighted by Crippen LogP contribution is 2.20. The minimum Gasteiger partial charge on any atom is -0.365 e. The molecule has 0 amide bonds. The Kier molecular flexibility index (Phi) is 2.72. The molecule has 0 saturated carbocycles. The number of anilines is 2. The Morgan fingerprint density at radius 1 is 1.36 bits per heavy atom. The van der Waals surface area contributed by atoms with Crippen LogP contribution in [0.1, 0.15) is 13.8 Å². The van der Waals surface area contributed by atoms with Crippen LogP contribution in [0, 0.1) is 0 Å². The minimum atomic E-state index is 0.798. The van der Waals surface area contributed by atoms with Crippen LogP contribution in [0.25, 0.3) is 0 Å². The third-order valence-corrected chi connectivity index (χ3v) is 1.34. The minimum absolute atomic E-state index is 0.798. The van der Waals surface area contributed by atoms with Gasteiger partial charge >= 0.3 is 0 Å². The number of hydrogen-bond donors (Lipinski definition) is 2. The predicted molar refractivity (Wildman–Crippen MR) is 47.7 cm³/mol. The lowest BCUT2D eigenvalue weighted by molar-refractivity contribution is 1.27. The highest BCUT2D eigenvalue weighted by Gasteiger charge is 2.06. The van der Waals surface area contributed by atoms with Gasteiger partial charge in [-0.05, 0) is 12.1 Å². The summed E-state index contributed by atoms with van der Waals surface area (Å²) >= 11 is 0. The van der Waals surface area contributed by atoms with Crippen LogP contribution in [0.5, 0.6) is 0 Å². The van der Waals surface area contributed by atoms with E-state index in [1.165, 1.54) is 0 Å². The molecular weight excluding hydrogens is 138 g/mol. The van der Waals surface area contributed by atoms with E-state index in [0.717, 1.165) is 18.2 Å². The van der Waals surface area contributed by atoms with Crippen LogP contribution in [-0.4, -0.2) is 11.7 Å². The molecule has 60 valence electrons. The molecule has 2 rings (SSSR count). The number of pyridine rings is 1. The van der Waals surface area contributed by atoms with Gasteiger partial charge in [0.05, 0.1) is 12.4 Å². The van der Waals surface area contributed by atoms with Crippen LogP contribution < -0.4 is 10.6 Å². The van der Waals surface area contributed by atoms with Crippen molar-refractivity contribution in [2.24, 2.45) is 0 Å². The van der Waals surface area contributed by atoms with Gasteiger partial charge in [0.2, 0.25) is 0 Å². The first kappa shape index (κ1) is 7.85. The first-order chi connectivity index (χ1) is 5.47. The molecule has 0 saturated heterocycles. The van der Waals surface area contributed by atoms with Crippen molar-refractivity contribution in [3.05, 3.63) is 18.3 Å². The van der Waals surface area contributed by atoms with Crippen molar-refractivity contribution >= 4 is 11.5 Å². The molecule has 11 heavy (non-hydrogen) atoms. The molecule has 0 atom stereocenters. The van der Waals surface area contributed by atoms with Crippen molar-refractivity contribution in [1.29, 1.82) is 0 Å². The third kappa shape index (κ3) is 1.61. The summed E-state index contributed by atoms with van der Waals surface area (Å²) in [6.45, 7) is 4.80. The summed E-state index contributed by atoms with van der Waals surface area (Å²) < 4.78 is 0. The fourth-order valence-corrected chi connectivity index (χ4v) is 0.912. The lowest BCUT2D eigenvalue weighted by atomic mass is 10.4. The van der Waals surface area contributed by atoms with Gasteiger partial charge in [-0.1, -0.05) is 13.8 Å². The van der Waals surface area contributed by atoms with Crippen molar-refractivity contribution in [1.82, 2.24) is 4.98 Å². The van der Waals surface area contributed by atoms with Crippen LogP contribution in [0.3, 0.4) is 0 Å². The average molecular weight is 151 g/mol. The molecule has 0 unspecified atom stereocenters. The van der Waals surface area contributed by atoms with Crippen molar-refractivity contribution in [2.75, 3.05) is 17.3 Å². The van der Waals surface area contributed by atoms with Crippen LogP contribution >= 0.6 is 0 Å². The second kappa shape index (κ2) is 3.81. The lowest BCUT2D eigenvalue weighted by Crippen LogP contribution is -1.99. The van der Waals surface area contributed by atoms with Gasteiger partial charge < -0.3 is 10.6 Å². The summed E-state index contributed by atoms with van der Waals surface area (Å²) in [5.41, 5.74) is 1.09. The predicted octanol–water partition coefficient (Wildman–Crippen LogP) is 1.90. The van der Waals surface area contributed by atoms with Gasteiger partial charge in [-0.15, -0.1) is 0 Å². The molecule has 1 aromatic rings. The maximum absolute atomic E-state index is 4.09. The monoisotopic (exact) mass is 151 g/mol. The second-order valence-corrected chi connectivity index (χ2v) is 1.93. The van der Waals surface area contributed by atoms with E-state index in [-0.39, 0.29) is 0 Å². The fraction of sp³-hybridized carbons (Fsp3) is 0.375. The standard InChI is InChI=1S/C6H7N3.C2H6/c1-2-5-6(7-3-1)9-4-8-5;1-2/h1-3,8H,4H2,(H,7,9);1-2H3. The van der Waals surface area contributed by atoms with Gasteiger partial charge in [0.25, 0.3) is 0 Å². The maximum atomic E-state index is 4.09. The Balaban J connectivity index is 0.000000281. The Morgan fingerprint density at radius 3 is 2.91 bits per heavy atom. The van der Waals surface area contributed by atoms with Crippen LogP contribution in [-0.2, 0) is 0 Å². The molecular formula is C8H13N3. The van der Waals surface area contributed by atoms with Gasteiger partial charge in [-0.2, -0.15) is 0 Å². The van der Waals surface area contributed by atoms with E-state index in [0.29, 0.717) is 0 Å². The van der Waals surface area contributed by atoms with E-state index in [9.17, 15) is 0 Å². The first-order valence-electron chi connectivity index (χ1n) is 3.89. The molecule has 0 spiro atoms. The number of nitrogens with one attached hydrogen (secondary N) is 2. The van der Waals surface area contributed by atoms with E-state index in [2.05, 4.69) is 15.6 Å². The Bertz CT molecular complexity index is 199. The van der Waals surface area contributed by atoms with Gasteiger partial charge in [0, 0.05) is 6.20 Å². The van der Waals surface area contributed by atoms with Crippen LogP contribution in [0.4, 0.5) is 11.5 Å². The molecule has 3 heteroatoms. The van der Waals surface area contributed by atoms with Crippen molar-refractivity contribution in [3.8, 4) is 0 Å². The van der Waals surface area contributed by atoms with Crippen molar-refractivity contribution < 1.29 is 0 Å². The molecule has 0 bridgehead atoms. The summed E-state index contributed by atoms with van der Waals surface area (Å²) in [4.78, 5) is 4.09. The molecule has 0 aliphatic carbocycles. The van der Waals surface area contributed by atoms with E-state index in [1.54, 1.807) is 6.20 Å². The molecule has 1 aliphatic rings. The van der Waals surface area contributed by atoms with Gasteiger partial charge in [0.1, 0.15) is 0 Å². The molecule has 1 aliphatic heterocycles. The molecule has 1 aromatic heterocycles. The second-order valence-electron chi connectivity index (χ2n) is 1.93. The largest absolute Gasteiger partial charge is 0.365 e. The normalized spacial score (nSPS) is 11.8. The number of nitrogens with zero attached hydrogens (tertiary/aromatic N) is 1. The van der Waals surface area contributed by atoms with Gasteiger partial charge in [-0.25, -0.2) is 4.98 Å². The summed E-state index contributed by atoms with van der Waals surface area (Å²) in [5.74, 6) is 0.956. The zero-order valence-electron chi connectivity index (χ0n) is 6.89. The third-order valence-electron chi connectivity index (χ3n) is 1.34. The van der Waals surface area contributed by atoms with Crippen LogP contribution in [0.2, 0.25) is 0 Å². The smallest absolute Gasteiger partial charge is 0.150 e. The van der Waals surface area contributed by atoms with Crippen molar-refractivity contribution in [2.45, 2.75) is 13.8 Å². The lowest BCUT2D eigenvalue weighted by Gasteiger charge is -1.92. The zero-order valence-corrected chi connectivity index (χ0v) is 6.89. The Morgan fingerprint density at radius 2 is 2.18 bits per heavy atom. The van der Waals surface area contributed by atoms with E-state index < -0.39 is 0 Å². The quantitative estimate of drug-likeness (QED) is 0.594. The summed E-state index contributed by atoms with van der Waals surface area (Å²) in [5, 5.41) is 6.20. The number of hydrogen-bond acceptors (Lipinski definition) is 3. The summed E-state index contributed by atoms with van der Waals surface area (Å²) in [7, 11) is 0. The van der Waals surface area contributed by atoms with Crippen molar-refractivity contribution in [3.63, 3.8) is 0 Å². The summed E-state index contributed by atoms with van der Waals surface area (Å²) in [6, 6.07) is 3.92. The SMILES string of the molecule is CC.c1cnc2c(c1)NCN2. The maximum Gasteiger partial charge on any atom is 0.150 e. The highest BCUT2D eigenvalue weighted by atomic mass is 15.2. The number of aromatic nitrogens is 1. The van der Waals surface area contributed by atoms with Gasteiger partial charge in [-0.3, -0.25) is 0 Å². The first-order valence-corrected chi connectivity index (χ1v) is 3.89. The molecule has 3 nitrogen and oxygen atoms in total. The Hall–Kier alpha value is -1.25. The molecule has 0 radical (unpaired) electrons. The molecule has 0 aromatic carbocycles. The molecule has 2 N–H and O–H groups in total. The average Bonchev–Trinajstić information content (AvgIpc) is 2.55. The molecule has 0 fully saturated rings. The summed E-state index contributed by atoms with van der Waals surface area (Å²) in [6.07, 6.45) is 1.78. The van der Waals surface area contributed by atoms with E-state index in [1.807, 2.05) is 26.0 Å². The Labute approximate surface area is 66.8 Å². The fourth-order valence-electron chi connectivity index (χ4n) is 0.912. The topological polar surface area (TPSA) is 37.0 Å². The highest BCUT2D eigenvalue weighted by molar-refractivity contribution is 5.68. The number of rotatable bonds is 0. The number of fused-ring (bicyclic) bond motifs is 1. The van der Waals surface area contributed by atoms with E-state index in [4.69, 9.17) is 0 Å². The van der Waals surface area contributed by atoms with E-state index >= 15 is 0 Å². The van der Waals surface area contributed by atoms with Gasteiger partial charge in [0.15, 0.2) is 5.82 Å². The zero-order chi connectivity index (χ0) is 8.10. The van der Waals surface area contributed by atoms with Crippen LogP contribution in [0.15, 0.2) is 18.3 Å². The molecule has 2 heterocycles.